The van der Waals surface area contributed by atoms with Crippen molar-refractivity contribution in [3.63, 3.8) is 0 Å². The lowest BCUT2D eigenvalue weighted by Gasteiger charge is -2.15. The van der Waals surface area contributed by atoms with Gasteiger partial charge in [-0.15, -0.1) is 5.10 Å². The normalized spacial score (nSPS) is 13.3. The SMILES string of the molecule is CN=S(=O)(c1cccc(C(F)(F)F)c1)c1nnc(C)cc1C(=O)NCCc1ccccc1Cl. The molecule has 0 saturated carbocycles. The lowest BCUT2D eigenvalue weighted by Crippen LogP contribution is -2.28. The molecule has 0 saturated heterocycles. The van der Waals surface area contributed by atoms with Crippen LogP contribution in [0.3, 0.4) is 0 Å². The smallest absolute Gasteiger partial charge is 0.352 e. The molecule has 6 nitrogen and oxygen atoms in total. The molecule has 1 amide bonds. The van der Waals surface area contributed by atoms with Crippen molar-refractivity contribution < 1.29 is 22.2 Å². The lowest BCUT2D eigenvalue weighted by atomic mass is 10.1. The third-order valence-corrected chi connectivity index (χ3v) is 7.37. The number of hydrogen-bond acceptors (Lipinski definition) is 5. The summed E-state index contributed by atoms with van der Waals surface area (Å²) in [5.74, 6) is -0.599. The van der Waals surface area contributed by atoms with E-state index in [9.17, 15) is 22.2 Å². The van der Waals surface area contributed by atoms with Crippen LogP contribution in [0.4, 0.5) is 13.2 Å². The number of amides is 1. The van der Waals surface area contributed by atoms with Crippen LogP contribution in [0.25, 0.3) is 0 Å². The summed E-state index contributed by atoms with van der Waals surface area (Å²) in [6, 6.07) is 12.6. The van der Waals surface area contributed by atoms with Gasteiger partial charge in [-0.1, -0.05) is 35.9 Å². The van der Waals surface area contributed by atoms with Crippen molar-refractivity contribution in [2.45, 2.75) is 29.4 Å². The van der Waals surface area contributed by atoms with Crippen LogP contribution in [-0.2, 0) is 22.3 Å². The number of halogens is 4. The zero-order chi connectivity index (χ0) is 24.2. The van der Waals surface area contributed by atoms with Gasteiger partial charge in [0.25, 0.3) is 5.91 Å². The van der Waals surface area contributed by atoms with Crippen molar-refractivity contribution in [1.29, 1.82) is 0 Å². The number of benzene rings is 2. The Balaban J connectivity index is 1.96. The monoisotopic (exact) mass is 496 g/mol. The summed E-state index contributed by atoms with van der Waals surface area (Å²) in [5.41, 5.74) is 0.147. The Labute approximate surface area is 194 Å². The standard InChI is InChI=1S/C22H20ClF3N4O2S/c1-14-12-18(20(31)28-11-10-15-6-3-4-9-19(15)23)21(30-29-14)33(32,27-2)17-8-5-7-16(13-17)22(24,25)26/h3-9,12-13H,10-11H2,1-2H3,(H,28,31). The summed E-state index contributed by atoms with van der Waals surface area (Å²) in [7, 11) is -2.48. The van der Waals surface area contributed by atoms with Crippen LogP contribution in [0.1, 0.15) is 27.2 Å². The van der Waals surface area contributed by atoms with Crippen LogP contribution in [0.15, 0.2) is 68.9 Å². The average molecular weight is 497 g/mol. The maximum atomic E-state index is 13.8. The minimum Gasteiger partial charge on any atom is -0.352 e. The Hall–Kier alpha value is -2.98. The van der Waals surface area contributed by atoms with Crippen molar-refractivity contribution in [2.24, 2.45) is 4.36 Å². The van der Waals surface area contributed by atoms with Gasteiger partial charge in [0.05, 0.1) is 21.7 Å². The van der Waals surface area contributed by atoms with E-state index in [1.165, 1.54) is 19.2 Å². The highest BCUT2D eigenvalue weighted by atomic mass is 35.5. The molecule has 1 atom stereocenters. The van der Waals surface area contributed by atoms with E-state index >= 15 is 0 Å². The molecule has 3 rings (SSSR count). The van der Waals surface area contributed by atoms with E-state index in [1.54, 1.807) is 19.1 Å². The summed E-state index contributed by atoms with van der Waals surface area (Å²) in [4.78, 5) is 12.7. The fourth-order valence-electron chi connectivity index (χ4n) is 3.10. The number of rotatable bonds is 6. The third kappa shape index (κ3) is 5.51. The summed E-state index contributed by atoms with van der Waals surface area (Å²) in [6.45, 7) is 1.81. The fourth-order valence-corrected chi connectivity index (χ4v) is 5.09. The maximum Gasteiger partial charge on any atom is 0.416 e. The van der Waals surface area contributed by atoms with E-state index in [-0.39, 0.29) is 22.0 Å². The molecule has 33 heavy (non-hydrogen) atoms. The molecule has 1 N–H and O–H groups in total. The first-order chi connectivity index (χ1) is 15.6. The van der Waals surface area contributed by atoms with E-state index < -0.39 is 27.4 Å². The molecule has 0 aliphatic carbocycles. The molecule has 3 aromatic rings. The Morgan fingerprint density at radius 1 is 1.12 bits per heavy atom. The largest absolute Gasteiger partial charge is 0.416 e. The number of aryl methyl sites for hydroxylation is 1. The summed E-state index contributed by atoms with van der Waals surface area (Å²) in [5, 5.41) is 10.7. The molecule has 0 aliphatic rings. The molecule has 0 aliphatic heterocycles. The molecule has 1 aromatic heterocycles. The number of hydrogen-bond donors (Lipinski definition) is 1. The molecule has 0 bridgehead atoms. The first kappa shape index (κ1) is 24.7. The Bertz CT molecular complexity index is 1300. The number of nitrogens with one attached hydrogen (secondary N) is 1. The van der Waals surface area contributed by atoms with Crippen LogP contribution < -0.4 is 5.32 Å². The second-order valence-electron chi connectivity index (χ2n) is 7.04. The topological polar surface area (TPSA) is 84.3 Å². The molecule has 174 valence electrons. The molecule has 0 fully saturated rings. The molecule has 11 heteroatoms. The van der Waals surface area contributed by atoms with Crippen molar-refractivity contribution in [2.75, 3.05) is 13.6 Å². The van der Waals surface area contributed by atoms with Crippen molar-refractivity contribution in [3.05, 3.63) is 82.0 Å². The van der Waals surface area contributed by atoms with Gasteiger partial charge in [0, 0.05) is 18.6 Å². The van der Waals surface area contributed by atoms with Gasteiger partial charge in [0.2, 0.25) is 0 Å². The summed E-state index contributed by atoms with van der Waals surface area (Å²) >= 11 is 6.13. The van der Waals surface area contributed by atoms with Gasteiger partial charge in [0.1, 0.15) is 9.73 Å². The highest BCUT2D eigenvalue weighted by molar-refractivity contribution is 7.93. The molecule has 0 spiro atoms. The van der Waals surface area contributed by atoms with E-state index in [2.05, 4.69) is 19.9 Å². The zero-order valence-corrected chi connectivity index (χ0v) is 19.3. The van der Waals surface area contributed by atoms with Gasteiger partial charge < -0.3 is 5.32 Å². The molecule has 0 radical (unpaired) electrons. The quantitative estimate of drug-likeness (QED) is 0.523. The van der Waals surface area contributed by atoms with Gasteiger partial charge in [0.15, 0.2) is 5.03 Å². The van der Waals surface area contributed by atoms with Crippen LogP contribution in [-0.4, -0.2) is 33.9 Å². The second-order valence-corrected chi connectivity index (χ2v) is 9.72. The Morgan fingerprint density at radius 3 is 2.52 bits per heavy atom. The Morgan fingerprint density at radius 2 is 1.85 bits per heavy atom. The van der Waals surface area contributed by atoms with E-state index in [0.29, 0.717) is 17.1 Å². The highest BCUT2D eigenvalue weighted by Crippen LogP contribution is 2.33. The van der Waals surface area contributed by atoms with E-state index in [0.717, 1.165) is 23.8 Å². The highest BCUT2D eigenvalue weighted by Gasteiger charge is 2.33. The summed E-state index contributed by atoms with van der Waals surface area (Å²) < 4.78 is 57.3. The maximum absolute atomic E-state index is 13.8. The number of nitrogens with zero attached hydrogens (tertiary/aromatic N) is 3. The van der Waals surface area contributed by atoms with Crippen molar-refractivity contribution >= 4 is 27.2 Å². The van der Waals surface area contributed by atoms with Crippen molar-refractivity contribution in [1.82, 2.24) is 15.5 Å². The van der Waals surface area contributed by atoms with Crippen molar-refractivity contribution in [3.8, 4) is 0 Å². The third-order valence-electron chi connectivity index (χ3n) is 4.76. The van der Waals surface area contributed by atoms with Gasteiger partial charge in [-0.25, -0.2) is 8.57 Å². The predicted octanol–water partition coefficient (Wildman–Crippen LogP) is 4.95. The first-order valence-electron chi connectivity index (χ1n) is 9.75. The molecular weight excluding hydrogens is 477 g/mol. The minimum atomic E-state index is -4.64. The van der Waals surface area contributed by atoms with E-state index in [1.807, 2.05) is 12.1 Å². The number of aromatic nitrogens is 2. The van der Waals surface area contributed by atoms with Gasteiger partial charge in [-0.05, 0) is 49.2 Å². The number of carbonyl (C=O) groups excluding carboxylic acids is 1. The zero-order valence-electron chi connectivity index (χ0n) is 17.7. The second kappa shape index (κ2) is 9.88. The predicted molar refractivity (Wildman–Crippen MR) is 119 cm³/mol. The van der Waals surface area contributed by atoms with Gasteiger partial charge in [-0.2, -0.15) is 18.3 Å². The van der Waals surface area contributed by atoms with Crippen LogP contribution in [0.5, 0.6) is 0 Å². The van der Waals surface area contributed by atoms with Crippen LogP contribution >= 0.6 is 11.6 Å². The molecule has 2 aromatic carbocycles. The fraction of sp³-hybridized carbons (Fsp3) is 0.227. The summed E-state index contributed by atoms with van der Waals surface area (Å²) in [6.07, 6.45) is -4.19. The number of carbonyl (C=O) groups is 1. The lowest BCUT2D eigenvalue weighted by molar-refractivity contribution is -0.137. The van der Waals surface area contributed by atoms with E-state index in [4.69, 9.17) is 11.6 Å². The van der Waals surface area contributed by atoms with Crippen LogP contribution in [0, 0.1) is 6.92 Å². The average Bonchev–Trinajstić information content (AvgIpc) is 2.79. The van der Waals surface area contributed by atoms with Crippen LogP contribution in [0.2, 0.25) is 5.02 Å². The number of alkyl halides is 3. The molecule has 1 heterocycles. The van der Waals surface area contributed by atoms with Gasteiger partial charge in [-0.3, -0.25) is 4.79 Å². The molecular formula is C22H20ClF3N4O2S. The Kier molecular flexibility index (Phi) is 7.38. The minimum absolute atomic E-state index is 0.0744. The first-order valence-corrected chi connectivity index (χ1v) is 11.6. The van der Waals surface area contributed by atoms with Gasteiger partial charge >= 0.3 is 6.18 Å². The molecule has 1 unspecified atom stereocenters.